The van der Waals surface area contributed by atoms with Gasteiger partial charge in [-0.15, -0.1) is 11.8 Å². The summed E-state index contributed by atoms with van der Waals surface area (Å²) in [6, 6.07) is 7.50. The van der Waals surface area contributed by atoms with Crippen LogP contribution in [0.5, 0.6) is 5.75 Å². The molecular weight excluding hydrogens is 302 g/mol. The van der Waals surface area contributed by atoms with Crippen molar-refractivity contribution in [2.24, 2.45) is 0 Å². The number of carbonyl (C=O) groups is 2. The number of hydrogen-bond acceptors (Lipinski definition) is 5. The molecule has 0 bridgehead atoms. The number of carbonyl (C=O) groups excluding carboxylic acids is 2. The number of hydrogen-bond donors (Lipinski definition) is 1. The van der Waals surface area contributed by atoms with E-state index in [0.29, 0.717) is 0 Å². The molecule has 6 heteroatoms. The predicted molar refractivity (Wildman–Crippen MR) is 87.2 cm³/mol. The van der Waals surface area contributed by atoms with Gasteiger partial charge in [-0.2, -0.15) is 0 Å². The van der Waals surface area contributed by atoms with Crippen molar-refractivity contribution in [3.8, 4) is 5.75 Å². The molecule has 0 aliphatic rings. The fourth-order valence-electron chi connectivity index (χ4n) is 1.82. The molecule has 122 valence electrons. The topological polar surface area (TPSA) is 64.6 Å². The smallest absolute Gasteiger partial charge is 0.316 e. The summed E-state index contributed by atoms with van der Waals surface area (Å²) >= 11 is 1.36. The van der Waals surface area contributed by atoms with Gasteiger partial charge in [-0.25, -0.2) is 0 Å². The number of thioether (sulfide) groups is 1. The van der Waals surface area contributed by atoms with Crippen molar-refractivity contribution in [1.29, 1.82) is 0 Å². The van der Waals surface area contributed by atoms with Crippen LogP contribution in [-0.4, -0.2) is 37.4 Å². The molecule has 0 radical (unpaired) electrons. The van der Waals surface area contributed by atoms with Crippen molar-refractivity contribution in [1.82, 2.24) is 5.32 Å². The molecule has 1 N–H and O–H groups in total. The molecular formula is C16H23NO4S. The largest absolute Gasteiger partial charge is 0.497 e. The quantitative estimate of drug-likeness (QED) is 0.558. The Balaban J connectivity index is 2.23. The maximum Gasteiger partial charge on any atom is 0.316 e. The molecule has 1 aromatic carbocycles. The SMILES string of the molecule is CCC[C@@H](C)NC(=O)COC(=O)CSc1ccc(OC)cc1. The molecule has 0 aliphatic heterocycles. The Morgan fingerprint density at radius 2 is 1.95 bits per heavy atom. The highest BCUT2D eigenvalue weighted by molar-refractivity contribution is 8.00. The molecule has 0 aliphatic carbocycles. The fourth-order valence-corrected chi connectivity index (χ4v) is 2.52. The zero-order chi connectivity index (χ0) is 16.4. The van der Waals surface area contributed by atoms with Gasteiger partial charge in [0.1, 0.15) is 5.75 Å². The number of methoxy groups -OCH3 is 1. The first-order chi connectivity index (χ1) is 10.5. The maximum atomic E-state index is 11.6. The molecule has 1 aromatic rings. The van der Waals surface area contributed by atoms with Gasteiger partial charge in [-0.3, -0.25) is 9.59 Å². The van der Waals surface area contributed by atoms with Gasteiger partial charge >= 0.3 is 5.97 Å². The van der Waals surface area contributed by atoms with Crippen LogP contribution in [0.15, 0.2) is 29.2 Å². The summed E-state index contributed by atoms with van der Waals surface area (Å²) in [5, 5.41) is 2.79. The lowest BCUT2D eigenvalue weighted by atomic mass is 10.2. The van der Waals surface area contributed by atoms with E-state index in [2.05, 4.69) is 12.2 Å². The van der Waals surface area contributed by atoms with E-state index in [9.17, 15) is 9.59 Å². The minimum atomic E-state index is -0.404. The normalized spacial score (nSPS) is 11.6. The number of amides is 1. The summed E-state index contributed by atoms with van der Waals surface area (Å²) in [7, 11) is 1.60. The highest BCUT2D eigenvalue weighted by atomic mass is 32.2. The molecule has 1 rings (SSSR count). The van der Waals surface area contributed by atoms with Gasteiger partial charge in [-0.05, 0) is 37.6 Å². The van der Waals surface area contributed by atoms with Gasteiger partial charge in [0.2, 0.25) is 0 Å². The monoisotopic (exact) mass is 325 g/mol. The summed E-state index contributed by atoms with van der Waals surface area (Å²) in [4.78, 5) is 24.1. The van der Waals surface area contributed by atoms with Crippen LogP contribution in [0.3, 0.4) is 0 Å². The second-order valence-electron chi connectivity index (χ2n) is 4.88. The van der Waals surface area contributed by atoms with Crippen LogP contribution in [0.1, 0.15) is 26.7 Å². The molecule has 0 saturated carbocycles. The van der Waals surface area contributed by atoms with Crippen molar-refractivity contribution < 1.29 is 19.1 Å². The van der Waals surface area contributed by atoms with Gasteiger partial charge in [0.15, 0.2) is 6.61 Å². The van der Waals surface area contributed by atoms with Gasteiger partial charge in [-0.1, -0.05) is 13.3 Å². The van der Waals surface area contributed by atoms with E-state index < -0.39 is 5.97 Å². The summed E-state index contributed by atoms with van der Waals surface area (Å²) in [6.07, 6.45) is 1.91. The lowest BCUT2D eigenvalue weighted by Crippen LogP contribution is -2.35. The van der Waals surface area contributed by atoms with Crippen molar-refractivity contribution >= 4 is 23.6 Å². The third-order valence-corrected chi connectivity index (χ3v) is 3.89. The Morgan fingerprint density at radius 1 is 1.27 bits per heavy atom. The molecule has 1 amide bonds. The van der Waals surface area contributed by atoms with Crippen LogP contribution in [0.25, 0.3) is 0 Å². The first-order valence-electron chi connectivity index (χ1n) is 7.27. The van der Waals surface area contributed by atoms with E-state index >= 15 is 0 Å². The molecule has 22 heavy (non-hydrogen) atoms. The van der Waals surface area contributed by atoms with Crippen LogP contribution >= 0.6 is 11.8 Å². The molecule has 0 heterocycles. The van der Waals surface area contributed by atoms with Gasteiger partial charge < -0.3 is 14.8 Å². The second kappa shape index (κ2) is 10.1. The van der Waals surface area contributed by atoms with E-state index in [1.807, 2.05) is 31.2 Å². The fraction of sp³-hybridized carbons (Fsp3) is 0.500. The van der Waals surface area contributed by atoms with Gasteiger partial charge in [0.05, 0.1) is 12.9 Å². The minimum absolute atomic E-state index is 0.102. The third-order valence-electron chi connectivity index (χ3n) is 2.91. The van der Waals surface area contributed by atoms with Crippen LogP contribution < -0.4 is 10.1 Å². The highest BCUT2D eigenvalue weighted by Gasteiger charge is 2.10. The Kier molecular flexibility index (Phi) is 8.43. The second-order valence-corrected chi connectivity index (χ2v) is 5.93. The molecule has 0 fully saturated rings. The Bertz CT molecular complexity index is 476. The molecule has 1 atom stereocenters. The van der Waals surface area contributed by atoms with Crippen LogP contribution in [0.2, 0.25) is 0 Å². The van der Waals surface area contributed by atoms with Crippen molar-refractivity contribution in [3.63, 3.8) is 0 Å². The van der Waals surface area contributed by atoms with Gasteiger partial charge in [0.25, 0.3) is 5.91 Å². The maximum absolute atomic E-state index is 11.6. The predicted octanol–water partition coefficient (Wildman–Crippen LogP) is 2.64. The molecule has 0 aromatic heterocycles. The summed E-state index contributed by atoms with van der Waals surface area (Å²) < 4.78 is 10.0. The van der Waals surface area contributed by atoms with E-state index in [0.717, 1.165) is 23.5 Å². The lowest BCUT2D eigenvalue weighted by Gasteiger charge is -2.12. The minimum Gasteiger partial charge on any atom is -0.497 e. The zero-order valence-corrected chi connectivity index (χ0v) is 14.1. The van der Waals surface area contributed by atoms with Crippen LogP contribution in [-0.2, 0) is 14.3 Å². The van der Waals surface area contributed by atoms with E-state index in [4.69, 9.17) is 9.47 Å². The lowest BCUT2D eigenvalue weighted by molar-refractivity contribution is -0.146. The number of esters is 1. The third kappa shape index (κ3) is 7.36. The average Bonchev–Trinajstić information content (AvgIpc) is 2.51. The average molecular weight is 325 g/mol. The van der Waals surface area contributed by atoms with E-state index in [1.54, 1.807) is 7.11 Å². The Labute approximate surface area is 135 Å². The first-order valence-corrected chi connectivity index (χ1v) is 8.25. The molecule has 0 saturated heterocycles. The van der Waals surface area contributed by atoms with E-state index in [-0.39, 0.29) is 24.3 Å². The number of rotatable bonds is 9. The van der Waals surface area contributed by atoms with Crippen molar-refractivity contribution in [3.05, 3.63) is 24.3 Å². The standard InChI is InChI=1S/C16H23NO4S/c1-4-5-12(2)17-15(18)10-21-16(19)11-22-14-8-6-13(20-3)7-9-14/h6-9,12H,4-5,10-11H2,1-3H3,(H,17,18)/t12-/m1/s1. The van der Waals surface area contributed by atoms with Crippen molar-refractivity contribution in [2.75, 3.05) is 19.5 Å². The Hall–Kier alpha value is -1.69. The number of nitrogens with one attached hydrogen (secondary N) is 1. The number of ether oxygens (including phenoxy) is 2. The van der Waals surface area contributed by atoms with Gasteiger partial charge in [0, 0.05) is 10.9 Å². The zero-order valence-electron chi connectivity index (χ0n) is 13.3. The highest BCUT2D eigenvalue weighted by Crippen LogP contribution is 2.21. The van der Waals surface area contributed by atoms with Crippen LogP contribution in [0.4, 0.5) is 0 Å². The van der Waals surface area contributed by atoms with Crippen LogP contribution in [0, 0.1) is 0 Å². The summed E-state index contributed by atoms with van der Waals surface area (Å²) in [6.45, 7) is 3.76. The number of benzene rings is 1. The Morgan fingerprint density at radius 3 is 2.55 bits per heavy atom. The summed E-state index contributed by atoms with van der Waals surface area (Å²) in [5.41, 5.74) is 0. The molecule has 0 spiro atoms. The van der Waals surface area contributed by atoms with Crippen molar-refractivity contribution in [2.45, 2.75) is 37.6 Å². The molecule has 0 unspecified atom stereocenters. The summed E-state index contributed by atoms with van der Waals surface area (Å²) in [5.74, 6) is 0.275. The first kappa shape index (κ1) is 18.4. The molecule has 5 nitrogen and oxygen atoms in total. The van der Waals surface area contributed by atoms with E-state index in [1.165, 1.54) is 11.8 Å².